The van der Waals surface area contributed by atoms with Gasteiger partial charge in [0.05, 0.1) is 0 Å². The van der Waals surface area contributed by atoms with Crippen LogP contribution in [-0.4, -0.2) is 49.2 Å². The molecule has 1 atom stereocenters. The van der Waals surface area contributed by atoms with E-state index in [0.29, 0.717) is 32.5 Å². The molecule has 18 heavy (non-hydrogen) atoms. The number of nitrogens with zero attached hydrogens (tertiary/aromatic N) is 1. The van der Waals surface area contributed by atoms with Crippen molar-refractivity contribution in [1.82, 2.24) is 4.90 Å². The van der Waals surface area contributed by atoms with Crippen molar-refractivity contribution in [2.45, 2.75) is 39.2 Å². The molecular formula is C13H23NO4. The van der Waals surface area contributed by atoms with Crippen LogP contribution < -0.4 is 0 Å². The minimum absolute atomic E-state index is 0.119. The Hall–Kier alpha value is -1.10. The Morgan fingerprint density at radius 2 is 2.11 bits per heavy atom. The molecule has 1 fully saturated rings. The normalized spacial score (nSPS) is 21.0. The Morgan fingerprint density at radius 1 is 1.44 bits per heavy atom. The molecule has 1 saturated heterocycles. The molecule has 0 spiro atoms. The van der Waals surface area contributed by atoms with Crippen LogP contribution >= 0.6 is 0 Å². The fraction of sp³-hybridized carbons (Fsp3) is 0.846. The minimum Gasteiger partial charge on any atom is -0.444 e. The highest BCUT2D eigenvalue weighted by molar-refractivity contribution is 5.84. The van der Waals surface area contributed by atoms with Crippen molar-refractivity contribution in [3.05, 3.63) is 0 Å². The molecule has 0 aliphatic carbocycles. The van der Waals surface area contributed by atoms with Crippen molar-refractivity contribution >= 4 is 11.9 Å². The second kappa shape index (κ2) is 6.18. The van der Waals surface area contributed by atoms with Crippen LogP contribution in [0.4, 0.5) is 4.79 Å². The van der Waals surface area contributed by atoms with Crippen molar-refractivity contribution in [2.24, 2.45) is 5.92 Å². The first-order valence-electron chi connectivity index (χ1n) is 6.33. The number of methoxy groups -OCH3 is 1. The highest BCUT2D eigenvalue weighted by Gasteiger charge is 2.31. The molecule has 1 aliphatic heterocycles. The van der Waals surface area contributed by atoms with Gasteiger partial charge in [-0.2, -0.15) is 0 Å². The molecule has 0 aromatic carbocycles. The highest BCUT2D eigenvalue weighted by atomic mass is 16.6. The van der Waals surface area contributed by atoms with E-state index in [0.717, 1.165) is 0 Å². The van der Waals surface area contributed by atoms with Crippen LogP contribution in [0.15, 0.2) is 0 Å². The van der Waals surface area contributed by atoms with Gasteiger partial charge in [0.2, 0.25) is 0 Å². The van der Waals surface area contributed by atoms with Crippen LogP contribution in [0.2, 0.25) is 0 Å². The van der Waals surface area contributed by atoms with E-state index in [-0.39, 0.29) is 17.8 Å². The lowest BCUT2D eigenvalue weighted by Crippen LogP contribution is -2.46. The van der Waals surface area contributed by atoms with Crippen molar-refractivity contribution in [3.8, 4) is 0 Å². The van der Waals surface area contributed by atoms with Crippen LogP contribution in [0.5, 0.6) is 0 Å². The third-order valence-corrected chi connectivity index (χ3v) is 2.85. The van der Waals surface area contributed by atoms with E-state index in [9.17, 15) is 9.59 Å². The number of hydrogen-bond acceptors (Lipinski definition) is 4. The van der Waals surface area contributed by atoms with Crippen LogP contribution in [-0.2, 0) is 14.3 Å². The molecule has 0 radical (unpaired) electrons. The van der Waals surface area contributed by atoms with E-state index in [1.165, 1.54) is 0 Å². The number of carbonyl (C=O) groups excluding carboxylic acids is 2. The van der Waals surface area contributed by atoms with E-state index in [4.69, 9.17) is 9.47 Å². The van der Waals surface area contributed by atoms with Crippen molar-refractivity contribution < 1.29 is 19.1 Å². The molecule has 1 amide bonds. The van der Waals surface area contributed by atoms with Gasteiger partial charge in [-0.1, -0.05) is 0 Å². The van der Waals surface area contributed by atoms with Gasteiger partial charge in [0.1, 0.15) is 11.4 Å². The minimum atomic E-state index is -0.499. The molecular weight excluding hydrogens is 234 g/mol. The standard InChI is InChI=1S/C13H23NO4/c1-13(2,3)18-12(16)14-7-5-11(15)10(9-14)6-8-17-4/h10H,5-9H2,1-4H3. The van der Waals surface area contributed by atoms with Crippen LogP contribution in [0.25, 0.3) is 0 Å². The molecule has 0 bridgehead atoms. The predicted molar refractivity (Wildman–Crippen MR) is 67.4 cm³/mol. The molecule has 1 rings (SSSR count). The van der Waals surface area contributed by atoms with Gasteiger partial charge in [-0.25, -0.2) is 4.79 Å². The van der Waals surface area contributed by atoms with E-state index >= 15 is 0 Å². The summed E-state index contributed by atoms with van der Waals surface area (Å²) < 4.78 is 10.3. The zero-order chi connectivity index (χ0) is 13.8. The summed E-state index contributed by atoms with van der Waals surface area (Å²) in [5.74, 6) is 0.0954. The van der Waals surface area contributed by atoms with Gasteiger partial charge < -0.3 is 14.4 Å². The lowest BCUT2D eigenvalue weighted by molar-refractivity contribution is -0.126. The van der Waals surface area contributed by atoms with Crippen molar-refractivity contribution in [1.29, 1.82) is 0 Å². The Morgan fingerprint density at radius 3 is 2.67 bits per heavy atom. The topological polar surface area (TPSA) is 55.8 Å². The van der Waals surface area contributed by atoms with Crippen LogP contribution in [0.1, 0.15) is 33.6 Å². The molecule has 1 unspecified atom stereocenters. The summed E-state index contributed by atoms with van der Waals surface area (Å²) >= 11 is 0. The summed E-state index contributed by atoms with van der Waals surface area (Å²) in [7, 11) is 1.61. The van der Waals surface area contributed by atoms with Gasteiger partial charge in [0, 0.05) is 39.1 Å². The Labute approximate surface area is 108 Å². The average Bonchev–Trinajstić information content (AvgIpc) is 2.25. The number of hydrogen-bond donors (Lipinski definition) is 0. The van der Waals surface area contributed by atoms with Crippen LogP contribution in [0, 0.1) is 5.92 Å². The summed E-state index contributed by atoms with van der Waals surface area (Å²) in [4.78, 5) is 25.2. The number of ether oxygens (including phenoxy) is 2. The molecule has 104 valence electrons. The average molecular weight is 257 g/mol. The lowest BCUT2D eigenvalue weighted by atomic mass is 9.94. The third-order valence-electron chi connectivity index (χ3n) is 2.85. The second-order valence-electron chi connectivity index (χ2n) is 5.62. The second-order valence-corrected chi connectivity index (χ2v) is 5.62. The number of Topliss-reactive ketones (excluding diaryl/α,β-unsaturated/α-hetero) is 1. The van der Waals surface area contributed by atoms with Gasteiger partial charge in [0.25, 0.3) is 0 Å². The molecule has 5 heteroatoms. The molecule has 0 aromatic heterocycles. The largest absolute Gasteiger partial charge is 0.444 e. The van der Waals surface area contributed by atoms with Crippen LogP contribution in [0.3, 0.4) is 0 Å². The quantitative estimate of drug-likeness (QED) is 0.774. The summed E-state index contributed by atoms with van der Waals surface area (Å²) in [6.45, 7) is 6.94. The van der Waals surface area contributed by atoms with E-state index in [1.807, 2.05) is 20.8 Å². The van der Waals surface area contributed by atoms with Gasteiger partial charge in [0.15, 0.2) is 0 Å². The van der Waals surface area contributed by atoms with Gasteiger partial charge in [-0.15, -0.1) is 0 Å². The Balaban J connectivity index is 2.53. The zero-order valence-electron chi connectivity index (χ0n) is 11.7. The van der Waals surface area contributed by atoms with E-state index < -0.39 is 5.60 Å². The fourth-order valence-corrected chi connectivity index (χ4v) is 1.91. The van der Waals surface area contributed by atoms with Gasteiger partial charge in [-0.3, -0.25) is 4.79 Å². The summed E-state index contributed by atoms with van der Waals surface area (Å²) in [5.41, 5.74) is -0.499. The van der Waals surface area contributed by atoms with Gasteiger partial charge in [-0.05, 0) is 27.2 Å². The van der Waals surface area contributed by atoms with Gasteiger partial charge >= 0.3 is 6.09 Å². The summed E-state index contributed by atoms with van der Waals surface area (Å²) in [6, 6.07) is 0. The molecule has 0 N–H and O–H groups in total. The number of likely N-dealkylation sites (tertiary alicyclic amines) is 1. The first-order valence-corrected chi connectivity index (χ1v) is 6.33. The SMILES string of the molecule is COCCC1CN(C(=O)OC(C)(C)C)CCC1=O. The zero-order valence-corrected chi connectivity index (χ0v) is 11.7. The maximum atomic E-state index is 11.9. The van der Waals surface area contributed by atoms with E-state index in [2.05, 4.69) is 0 Å². The number of rotatable bonds is 3. The molecule has 5 nitrogen and oxygen atoms in total. The van der Waals surface area contributed by atoms with Crippen molar-refractivity contribution in [2.75, 3.05) is 26.8 Å². The number of carbonyl (C=O) groups is 2. The lowest BCUT2D eigenvalue weighted by Gasteiger charge is -2.33. The first-order chi connectivity index (χ1) is 8.33. The third kappa shape index (κ3) is 4.64. The fourth-order valence-electron chi connectivity index (χ4n) is 1.91. The number of amides is 1. The molecule has 1 heterocycles. The smallest absolute Gasteiger partial charge is 0.410 e. The predicted octanol–water partition coefficient (Wildman–Crippen LogP) is 1.85. The monoisotopic (exact) mass is 257 g/mol. The maximum Gasteiger partial charge on any atom is 0.410 e. The molecule has 0 aromatic rings. The number of ketones is 1. The van der Waals surface area contributed by atoms with E-state index in [1.54, 1.807) is 12.0 Å². The Kier molecular flexibility index (Phi) is 5.14. The Bertz CT molecular complexity index is 309. The first kappa shape index (κ1) is 15.0. The summed E-state index contributed by atoms with van der Waals surface area (Å²) in [6.07, 6.45) is 0.736. The maximum absolute atomic E-state index is 11.9. The molecule has 0 saturated carbocycles. The summed E-state index contributed by atoms with van der Waals surface area (Å²) in [5, 5.41) is 0. The number of piperidine rings is 1. The van der Waals surface area contributed by atoms with Crippen molar-refractivity contribution in [3.63, 3.8) is 0 Å². The highest BCUT2D eigenvalue weighted by Crippen LogP contribution is 2.19. The molecule has 1 aliphatic rings.